The highest BCUT2D eigenvalue weighted by molar-refractivity contribution is 7.80. The number of nitrogens with one attached hydrogen (secondary N) is 1. The van der Waals surface area contributed by atoms with Crippen molar-refractivity contribution in [3.05, 3.63) is 36.5 Å². The number of rotatable bonds is 64. The summed E-state index contributed by atoms with van der Waals surface area (Å²) >= 11 is 0. The Hall–Kier alpha value is -1.68. The van der Waals surface area contributed by atoms with Gasteiger partial charge in [0.05, 0.1) is 25.4 Å². The van der Waals surface area contributed by atoms with Gasteiger partial charge in [-0.25, -0.2) is 4.18 Å². The molecule has 0 saturated carbocycles. The van der Waals surface area contributed by atoms with Crippen molar-refractivity contribution in [3.63, 3.8) is 0 Å². The predicted octanol–water partition coefficient (Wildman–Crippen LogP) is 18.9. The summed E-state index contributed by atoms with van der Waals surface area (Å²) in [6.07, 6.45) is 70.9. The number of hydrogen-bond acceptors (Lipinski definition) is 10. The molecule has 6 N–H and O–H groups in total. The number of aliphatic hydroxyl groups is 4. The van der Waals surface area contributed by atoms with E-state index in [4.69, 9.17) is 9.47 Å². The molecule has 7 unspecified atom stereocenters. The molecular weight excluding hydrogens is 1070 g/mol. The van der Waals surface area contributed by atoms with E-state index in [1.807, 2.05) is 6.08 Å². The van der Waals surface area contributed by atoms with E-state index < -0.39 is 59.9 Å². The fourth-order valence-electron chi connectivity index (χ4n) is 11.7. The Labute approximate surface area is 517 Å². The normalized spacial score (nSPS) is 18.5. The van der Waals surface area contributed by atoms with E-state index in [2.05, 4.69) is 47.7 Å². The zero-order valence-corrected chi connectivity index (χ0v) is 55.3. The summed E-state index contributed by atoms with van der Waals surface area (Å²) in [5, 5.41) is 45.2. The summed E-state index contributed by atoms with van der Waals surface area (Å²) in [7, 11) is -5.09. The molecule has 7 atom stereocenters. The van der Waals surface area contributed by atoms with Crippen LogP contribution in [0.1, 0.15) is 354 Å². The fourth-order valence-corrected chi connectivity index (χ4v) is 12.2. The standard InChI is InChI=1S/C71H135NO11S/c1-3-5-7-9-11-13-15-17-19-21-23-25-26-27-28-29-30-31-32-33-34-35-36-37-38-39-40-41-43-45-47-49-51-53-55-57-59-61-67(75)72-64(63-81-71-69(77)70(83-84(78,79)80)68(76)66(62-73)82-71)65(74)60-58-56-54-52-50-48-46-44-42-24-22-20-18-16-14-12-10-8-6-4-2/h28-29,31-32,58,60,64-66,68-71,73-74,76-77H,3-27,30,33-57,59,61-63H2,1-2H3,(H,72,75)(H,78,79,80)/b29-28-,32-31-,60-58+. The van der Waals surface area contributed by atoms with Crippen LogP contribution < -0.4 is 5.32 Å². The lowest BCUT2D eigenvalue weighted by molar-refractivity contribution is -0.298. The molecule has 1 amide bonds. The first-order chi connectivity index (χ1) is 41.0. The fraction of sp³-hybridized carbons (Fsp3) is 0.901. The van der Waals surface area contributed by atoms with Gasteiger partial charge in [-0.05, 0) is 51.4 Å². The number of aliphatic hydroxyl groups excluding tert-OH is 4. The van der Waals surface area contributed by atoms with Crippen LogP contribution in [0.2, 0.25) is 0 Å². The van der Waals surface area contributed by atoms with Crippen LogP contribution in [0.15, 0.2) is 36.5 Å². The first-order valence-electron chi connectivity index (χ1n) is 35.9. The van der Waals surface area contributed by atoms with Crippen LogP contribution in [0, 0.1) is 0 Å². The Morgan fingerprint density at radius 3 is 1.13 bits per heavy atom. The van der Waals surface area contributed by atoms with Crippen LogP contribution in [0.5, 0.6) is 0 Å². The molecule has 0 aromatic heterocycles. The highest BCUT2D eigenvalue weighted by Gasteiger charge is 2.48. The lowest BCUT2D eigenvalue weighted by Crippen LogP contribution is -2.61. The van der Waals surface area contributed by atoms with Crippen molar-refractivity contribution < 1.29 is 51.8 Å². The van der Waals surface area contributed by atoms with Crippen LogP contribution in [-0.4, -0.2) is 95.4 Å². The van der Waals surface area contributed by atoms with E-state index in [1.165, 1.54) is 283 Å². The Balaban J connectivity index is 2.20. The first kappa shape index (κ1) is 80.3. The van der Waals surface area contributed by atoms with Gasteiger partial charge in [0.1, 0.15) is 24.4 Å². The molecule has 1 heterocycles. The minimum absolute atomic E-state index is 0.256. The predicted molar refractivity (Wildman–Crippen MR) is 352 cm³/mol. The summed E-state index contributed by atoms with van der Waals surface area (Å²) in [4.78, 5) is 13.2. The van der Waals surface area contributed by atoms with Crippen LogP contribution in [-0.2, 0) is 28.9 Å². The molecule has 1 saturated heterocycles. The maximum Gasteiger partial charge on any atom is 0.397 e. The number of amides is 1. The minimum Gasteiger partial charge on any atom is -0.394 e. The van der Waals surface area contributed by atoms with Crippen molar-refractivity contribution in [2.75, 3.05) is 13.2 Å². The molecule has 0 aliphatic carbocycles. The second-order valence-electron chi connectivity index (χ2n) is 25.2. The summed E-state index contributed by atoms with van der Waals surface area (Å²) in [6, 6.07) is -0.945. The van der Waals surface area contributed by atoms with E-state index in [0.29, 0.717) is 6.42 Å². The van der Waals surface area contributed by atoms with Gasteiger partial charge in [0.15, 0.2) is 6.29 Å². The summed E-state index contributed by atoms with van der Waals surface area (Å²) < 4.78 is 48.0. The van der Waals surface area contributed by atoms with E-state index in [-0.39, 0.29) is 18.9 Å². The molecule has 0 radical (unpaired) electrons. The SMILES string of the molecule is CCCCCCCCCCCCCCC/C=C\C/C=C\CCCCCCCCCCCCCCCCCCCC(=O)NC(COC1OC(CO)C(O)C(OS(=O)(=O)O)C1O)C(O)/C=C/CCCCCCCCCCCCCCCCCCCC. The highest BCUT2D eigenvalue weighted by atomic mass is 32.3. The molecule has 1 rings (SSSR count). The lowest BCUT2D eigenvalue weighted by Gasteiger charge is -2.41. The van der Waals surface area contributed by atoms with Gasteiger partial charge < -0.3 is 35.2 Å². The van der Waals surface area contributed by atoms with Gasteiger partial charge in [0, 0.05) is 6.42 Å². The molecular formula is C71H135NO11S. The number of hydrogen-bond donors (Lipinski definition) is 6. The number of carbonyl (C=O) groups is 1. The van der Waals surface area contributed by atoms with Gasteiger partial charge in [0.2, 0.25) is 5.91 Å². The largest absolute Gasteiger partial charge is 0.397 e. The Bertz CT molecular complexity index is 1610. The van der Waals surface area contributed by atoms with Gasteiger partial charge in [0.25, 0.3) is 0 Å². The van der Waals surface area contributed by atoms with Crippen LogP contribution >= 0.6 is 0 Å². The third-order valence-electron chi connectivity index (χ3n) is 17.2. The summed E-state index contributed by atoms with van der Waals surface area (Å²) in [5.74, 6) is -0.256. The van der Waals surface area contributed by atoms with Crippen molar-refractivity contribution in [2.45, 2.75) is 397 Å². The topological polar surface area (TPSA) is 192 Å². The van der Waals surface area contributed by atoms with Crippen LogP contribution in [0.4, 0.5) is 0 Å². The first-order valence-corrected chi connectivity index (χ1v) is 37.2. The molecule has 0 aromatic carbocycles. The van der Waals surface area contributed by atoms with Gasteiger partial charge in [-0.2, -0.15) is 8.42 Å². The van der Waals surface area contributed by atoms with Crippen LogP contribution in [0.3, 0.4) is 0 Å². The summed E-state index contributed by atoms with van der Waals surface area (Å²) in [6.45, 7) is 3.45. The van der Waals surface area contributed by atoms with Crippen molar-refractivity contribution in [3.8, 4) is 0 Å². The molecule has 0 bridgehead atoms. The third kappa shape index (κ3) is 51.2. The number of carbonyl (C=O) groups excluding carboxylic acids is 1. The number of unbranched alkanes of at least 4 members (excludes halogenated alkanes) is 48. The molecule has 0 aromatic rings. The zero-order valence-electron chi connectivity index (χ0n) is 54.5. The lowest BCUT2D eigenvalue weighted by atomic mass is 9.99. The maximum absolute atomic E-state index is 13.2. The highest BCUT2D eigenvalue weighted by Crippen LogP contribution is 2.26. The molecule has 1 aliphatic heterocycles. The van der Waals surface area contributed by atoms with Crippen LogP contribution in [0.25, 0.3) is 0 Å². The van der Waals surface area contributed by atoms with Gasteiger partial charge >= 0.3 is 10.4 Å². The van der Waals surface area contributed by atoms with Gasteiger partial charge in [-0.15, -0.1) is 0 Å². The molecule has 496 valence electrons. The van der Waals surface area contributed by atoms with Gasteiger partial charge in [-0.1, -0.05) is 333 Å². The Morgan fingerprint density at radius 2 is 0.798 bits per heavy atom. The minimum atomic E-state index is -5.09. The van der Waals surface area contributed by atoms with Crippen molar-refractivity contribution in [1.82, 2.24) is 5.32 Å². The Kier molecular flexibility index (Phi) is 57.6. The van der Waals surface area contributed by atoms with E-state index >= 15 is 0 Å². The van der Waals surface area contributed by atoms with E-state index in [0.717, 1.165) is 44.9 Å². The number of allylic oxidation sites excluding steroid dienone is 5. The summed E-state index contributed by atoms with van der Waals surface area (Å²) in [5.41, 5.74) is 0. The van der Waals surface area contributed by atoms with Crippen molar-refractivity contribution in [2.24, 2.45) is 0 Å². The Morgan fingerprint density at radius 1 is 0.476 bits per heavy atom. The van der Waals surface area contributed by atoms with Crippen molar-refractivity contribution >= 4 is 16.3 Å². The second-order valence-corrected chi connectivity index (χ2v) is 26.2. The van der Waals surface area contributed by atoms with Crippen molar-refractivity contribution in [1.29, 1.82) is 0 Å². The second kappa shape index (κ2) is 60.2. The molecule has 1 fully saturated rings. The van der Waals surface area contributed by atoms with E-state index in [9.17, 15) is 38.2 Å². The zero-order chi connectivity index (χ0) is 61.1. The molecule has 12 nitrogen and oxygen atoms in total. The van der Waals surface area contributed by atoms with Gasteiger partial charge in [-0.3, -0.25) is 9.35 Å². The van der Waals surface area contributed by atoms with E-state index in [1.54, 1.807) is 6.08 Å². The average molecular weight is 1210 g/mol. The molecule has 84 heavy (non-hydrogen) atoms. The molecule has 1 aliphatic rings. The quantitative estimate of drug-likeness (QED) is 0.0193. The monoisotopic (exact) mass is 1210 g/mol. The number of ether oxygens (including phenoxy) is 2. The molecule has 13 heteroatoms. The third-order valence-corrected chi connectivity index (χ3v) is 17.6. The smallest absolute Gasteiger partial charge is 0.394 e. The average Bonchev–Trinajstić information content (AvgIpc) is 3.68. The molecule has 0 spiro atoms. The maximum atomic E-state index is 13.2.